The first kappa shape index (κ1) is 17.3. The molecule has 0 N–H and O–H groups in total. The highest BCUT2D eigenvalue weighted by molar-refractivity contribution is 6.04. The van der Waals surface area contributed by atoms with Gasteiger partial charge in [-0.2, -0.15) is 0 Å². The molecule has 0 spiro atoms. The maximum atomic E-state index is 12.3. The first-order chi connectivity index (χ1) is 12.6. The fraction of sp³-hybridized carbons (Fsp3) is 0.600. The fourth-order valence-corrected chi connectivity index (χ4v) is 4.33. The topological polar surface area (TPSA) is 47.1 Å². The number of carbonyl (C=O) groups excluding carboxylic acids is 2. The van der Waals surface area contributed by atoms with Gasteiger partial charge in [-0.05, 0) is 44.9 Å². The van der Waals surface area contributed by atoms with Gasteiger partial charge in [0.2, 0.25) is 0 Å². The van der Waals surface area contributed by atoms with Crippen LogP contribution in [0, 0.1) is 6.92 Å². The summed E-state index contributed by atoms with van der Waals surface area (Å²) in [5, 5.41) is 0. The summed E-state index contributed by atoms with van der Waals surface area (Å²) in [4.78, 5) is 32.8. The molecule has 0 unspecified atom stereocenters. The predicted octanol–water partition coefficient (Wildman–Crippen LogP) is 1.93. The van der Waals surface area contributed by atoms with Crippen LogP contribution < -0.4 is 4.90 Å². The monoisotopic (exact) mass is 356 g/mol. The van der Waals surface area contributed by atoms with Crippen LogP contribution >= 0.6 is 0 Å². The molecule has 3 amide bonds. The third-order valence-corrected chi connectivity index (χ3v) is 5.91. The van der Waals surface area contributed by atoms with E-state index < -0.39 is 0 Å². The van der Waals surface area contributed by atoms with E-state index in [1.807, 2.05) is 0 Å². The van der Waals surface area contributed by atoms with Crippen LogP contribution in [0.3, 0.4) is 0 Å². The van der Waals surface area contributed by atoms with Crippen molar-refractivity contribution >= 4 is 17.6 Å². The number of amides is 3. The number of rotatable bonds is 5. The van der Waals surface area contributed by atoms with Gasteiger partial charge in [0.15, 0.2) is 0 Å². The Hall–Kier alpha value is -2.08. The standard InChI is InChI=1S/C20H28N4O2/c1-16-5-7-17(8-6-16)22-14-12-21(13-15-22)9-3-11-24-19(25)18-4-2-10-23(18)20(24)26/h5-8,18H,2-4,9-15H2,1H3/t18-/m1/s1. The molecule has 140 valence electrons. The van der Waals surface area contributed by atoms with Crippen LogP contribution in [0.5, 0.6) is 0 Å². The van der Waals surface area contributed by atoms with Gasteiger partial charge in [-0.15, -0.1) is 0 Å². The normalized spacial score (nSPS) is 23.9. The average molecular weight is 356 g/mol. The zero-order valence-electron chi connectivity index (χ0n) is 15.6. The van der Waals surface area contributed by atoms with Crippen molar-refractivity contribution in [3.8, 4) is 0 Å². The van der Waals surface area contributed by atoms with Gasteiger partial charge in [-0.1, -0.05) is 17.7 Å². The molecule has 0 aromatic heterocycles. The number of fused-ring (bicyclic) bond motifs is 1. The highest BCUT2D eigenvalue weighted by atomic mass is 16.2. The minimum atomic E-state index is -0.166. The highest BCUT2D eigenvalue weighted by Gasteiger charge is 2.46. The van der Waals surface area contributed by atoms with Gasteiger partial charge in [0.05, 0.1) is 0 Å². The van der Waals surface area contributed by atoms with Gasteiger partial charge >= 0.3 is 6.03 Å². The van der Waals surface area contributed by atoms with Crippen LogP contribution in [0.15, 0.2) is 24.3 Å². The summed E-state index contributed by atoms with van der Waals surface area (Å²) < 4.78 is 0. The van der Waals surface area contributed by atoms with E-state index in [-0.39, 0.29) is 18.0 Å². The lowest BCUT2D eigenvalue weighted by Crippen LogP contribution is -2.47. The van der Waals surface area contributed by atoms with E-state index in [4.69, 9.17) is 0 Å². The summed E-state index contributed by atoms with van der Waals surface area (Å²) in [5.41, 5.74) is 2.59. The Morgan fingerprint density at radius 2 is 1.69 bits per heavy atom. The van der Waals surface area contributed by atoms with Crippen molar-refractivity contribution in [1.82, 2.24) is 14.7 Å². The summed E-state index contributed by atoms with van der Waals surface area (Å²) >= 11 is 0. The summed E-state index contributed by atoms with van der Waals surface area (Å²) in [6.45, 7) is 8.48. The first-order valence-electron chi connectivity index (χ1n) is 9.79. The molecule has 3 fully saturated rings. The Bertz CT molecular complexity index is 645. The molecule has 3 aliphatic rings. The molecule has 3 aliphatic heterocycles. The predicted molar refractivity (Wildman–Crippen MR) is 101 cm³/mol. The number of aryl methyl sites for hydroxylation is 1. The van der Waals surface area contributed by atoms with E-state index in [2.05, 4.69) is 41.0 Å². The summed E-state index contributed by atoms with van der Waals surface area (Å²) in [6.07, 6.45) is 2.66. The van der Waals surface area contributed by atoms with E-state index in [0.717, 1.165) is 58.5 Å². The Balaban J connectivity index is 1.21. The number of benzene rings is 1. The molecule has 0 saturated carbocycles. The largest absolute Gasteiger partial charge is 0.369 e. The molecule has 0 aliphatic carbocycles. The summed E-state index contributed by atoms with van der Waals surface area (Å²) in [5.74, 6) is 0.0247. The number of piperazine rings is 1. The second kappa shape index (κ2) is 7.27. The fourth-order valence-electron chi connectivity index (χ4n) is 4.33. The average Bonchev–Trinajstić information content (AvgIpc) is 3.22. The molecule has 1 aromatic rings. The maximum Gasteiger partial charge on any atom is 0.327 e. The number of imide groups is 1. The number of hydrogen-bond donors (Lipinski definition) is 0. The second-order valence-corrected chi connectivity index (χ2v) is 7.64. The molecule has 1 atom stereocenters. The minimum Gasteiger partial charge on any atom is -0.369 e. The second-order valence-electron chi connectivity index (χ2n) is 7.64. The Labute approximate surface area is 155 Å². The van der Waals surface area contributed by atoms with Crippen molar-refractivity contribution in [1.29, 1.82) is 0 Å². The third kappa shape index (κ3) is 3.30. The van der Waals surface area contributed by atoms with E-state index in [1.165, 1.54) is 16.2 Å². The molecule has 1 aromatic carbocycles. The van der Waals surface area contributed by atoms with Gasteiger partial charge < -0.3 is 9.80 Å². The van der Waals surface area contributed by atoms with Crippen LogP contribution in [-0.2, 0) is 4.79 Å². The zero-order chi connectivity index (χ0) is 18.1. The Kier molecular flexibility index (Phi) is 4.85. The van der Waals surface area contributed by atoms with Gasteiger partial charge in [0.25, 0.3) is 5.91 Å². The number of anilines is 1. The molecule has 0 radical (unpaired) electrons. The first-order valence-corrected chi connectivity index (χ1v) is 9.79. The maximum absolute atomic E-state index is 12.3. The number of hydrogen-bond acceptors (Lipinski definition) is 4. The zero-order valence-corrected chi connectivity index (χ0v) is 15.6. The molecule has 6 heteroatoms. The van der Waals surface area contributed by atoms with Gasteiger partial charge in [-0.3, -0.25) is 14.6 Å². The van der Waals surface area contributed by atoms with Crippen molar-refractivity contribution in [3.63, 3.8) is 0 Å². The molecular weight excluding hydrogens is 328 g/mol. The molecule has 26 heavy (non-hydrogen) atoms. The summed E-state index contributed by atoms with van der Waals surface area (Å²) in [6, 6.07) is 8.49. The Morgan fingerprint density at radius 1 is 0.962 bits per heavy atom. The molecule has 3 heterocycles. The van der Waals surface area contributed by atoms with Crippen LogP contribution in [0.4, 0.5) is 10.5 Å². The summed E-state index contributed by atoms with van der Waals surface area (Å²) in [7, 11) is 0. The van der Waals surface area contributed by atoms with E-state index in [0.29, 0.717) is 6.54 Å². The number of carbonyl (C=O) groups is 2. The molecule has 3 saturated heterocycles. The number of nitrogens with zero attached hydrogens (tertiary/aromatic N) is 4. The lowest BCUT2D eigenvalue weighted by Gasteiger charge is -2.36. The van der Waals surface area contributed by atoms with Crippen molar-refractivity contribution < 1.29 is 9.59 Å². The van der Waals surface area contributed by atoms with E-state index in [1.54, 1.807) is 4.90 Å². The smallest absolute Gasteiger partial charge is 0.327 e. The highest BCUT2D eigenvalue weighted by Crippen LogP contribution is 2.27. The Morgan fingerprint density at radius 3 is 2.38 bits per heavy atom. The molecular formula is C20H28N4O2. The SMILES string of the molecule is Cc1ccc(N2CCN(CCCN3C(=O)[C@H]4CCCN4C3=O)CC2)cc1. The van der Waals surface area contributed by atoms with Gasteiger partial charge in [-0.25, -0.2) is 4.79 Å². The van der Waals surface area contributed by atoms with Gasteiger partial charge in [0, 0.05) is 45.0 Å². The number of urea groups is 1. The lowest BCUT2D eigenvalue weighted by atomic mass is 10.2. The molecule has 6 nitrogen and oxygen atoms in total. The van der Waals surface area contributed by atoms with Crippen molar-refractivity contribution in [2.75, 3.05) is 50.7 Å². The van der Waals surface area contributed by atoms with Crippen LogP contribution in [0.25, 0.3) is 0 Å². The van der Waals surface area contributed by atoms with Crippen LogP contribution in [0.2, 0.25) is 0 Å². The van der Waals surface area contributed by atoms with Crippen molar-refractivity contribution in [2.24, 2.45) is 0 Å². The third-order valence-electron chi connectivity index (χ3n) is 5.91. The van der Waals surface area contributed by atoms with E-state index in [9.17, 15) is 9.59 Å². The van der Waals surface area contributed by atoms with E-state index >= 15 is 0 Å². The lowest BCUT2D eigenvalue weighted by molar-refractivity contribution is -0.128. The molecule has 0 bridgehead atoms. The van der Waals surface area contributed by atoms with Crippen molar-refractivity contribution in [2.45, 2.75) is 32.2 Å². The van der Waals surface area contributed by atoms with Crippen molar-refractivity contribution in [3.05, 3.63) is 29.8 Å². The van der Waals surface area contributed by atoms with Crippen LogP contribution in [-0.4, -0.2) is 78.5 Å². The quantitative estimate of drug-likeness (QED) is 0.757. The minimum absolute atomic E-state index is 0.0247. The van der Waals surface area contributed by atoms with Gasteiger partial charge in [0.1, 0.15) is 6.04 Å². The van der Waals surface area contributed by atoms with Crippen LogP contribution in [0.1, 0.15) is 24.8 Å². The molecule has 4 rings (SSSR count).